The van der Waals surface area contributed by atoms with Crippen LogP contribution in [0, 0.1) is 0 Å². The fraction of sp³-hybridized carbons (Fsp3) is 0.462. The van der Waals surface area contributed by atoms with Crippen molar-refractivity contribution in [2.75, 3.05) is 12.3 Å². The molecule has 1 heterocycles. The Labute approximate surface area is 117 Å². The second-order valence-electron chi connectivity index (χ2n) is 5.24. The number of nitrogen functional groups attached to an aromatic ring is 1. The van der Waals surface area contributed by atoms with E-state index in [1.165, 1.54) is 0 Å². The predicted octanol–water partition coefficient (Wildman–Crippen LogP) is 3.59. The van der Waals surface area contributed by atoms with Gasteiger partial charge in [-0.15, -0.1) is 0 Å². The maximum atomic E-state index is 12.5. The van der Waals surface area contributed by atoms with Crippen LogP contribution in [0.25, 0.3) is 0 Å². The van der Waals surface area contributed by atoms with Crippen LogP contribution in [0.2, 0.25) is 10.0 Å². The van der Waals surface area contributed by atoms with Crippen molar-refractivity contribution in [3.63, 3.8) is 0 Å². The van der Waals surface area contributed by atoms with Crippen molar-refractivity contribution < 1.29 is 4.79 Å². The summed E-state index contributed by atoms with van der Waals surface area (Å²) >= 11 is 12.1. The summed E-state index contributed by atoms with van der Waals surface area (Å²) in [5, 5.41) is 0.593. The van der Waals surface area contributed by atoms with E-state index < -0.39 is 0 Å². The highest BCUT2D eigenvalue weighted by Crippen LogP contribution is 2.34. The Morgan fingerprint density at radius 1 is 1.39 bits per heavy atom. The highest BCUT2D eigenvalue weighted by molar-refractivity contribution is 6.44. The molecule has 1 aliphatic rings. The van der Waals surface area contributed by atoms with E-state index in [1.807, 2.05) is 4.90 Å². The number of hydrogen-bond acceptors (Lipinski definition) is 2. The molecule has 0 saturated carbocycles. The highest BCUT2D eigenvalue weighted by Gasteiger charge is 2.36. The van der Waals surface area contributed by atoms with Crippen molar-refractivity contribution in [2.24, 2.45) is 0 Å². The number of anilines is 1. The van der Waals surface area contributed by atoms with Gasteiger partial charge in [-0.3, -0.25) is 4.79 Å². The lowest BCUT2D eigenvalue weighted by Gasteiger charge is -2.32. The van der Waals surface area contributed by atoms with Gasteiger partial charge in [0.25, 0.3) is 5.91 Å². The topological polar surface area (TPSA) is 46.3 Å². The molecule has 0 atom stereocenters. The number of hydrogen-bond donors (Lipinski definition) is 1. The van der Waals surface area contributed by atoms with Crippen LogP contribution in [-0.2, 0) is 0 Å². The van der Waals surface area contributed by atoms with Crippen molar-refractivity contribution in [1.82, 2.24) is 4.90 Å². The number of rotatable bonds is 1. The van der Waals surface area contributed by atoms with Gasteiger partial charge in [0.05, 0.1) is 15.6 Å². The largest absolute Gasteiger partial charge is 0.399 e. The number of nitrogens with zero attached hydrogens (tertiary/aromatic N) is 1. The first kappa shape index (κ1) is 13.5. The van der Waals surface area contributed by atoms with E-state index in [4.69, 9.17) is 28.9 Å². The molecule has 18 heavy (non-hydrogen) atoms. The van der Waals surface area contributed by atoms with Crippen LogP contribution in [0.15, 0.2) is 12.1 Å². The van der Waals surface area contributed by atoms with Crippen LogP contribution < -0.4 is 5.73 Å². The molecule has 1 aromatic rings. The highest BCUT2D eigenvalue weighted by atomic mass is 35.5. The predicted molar refractivity (Wildman–Crippen MR) is 75.2 cm³/mol. The number of likely N-dealkylation sites (tertiary alicyclic amines) is 1. The van der Waals surface area contributed by atoms with Gasteiger partial charge in [-0.05, 0) is 38.8 Å². The Hall–Kier alpha value is -0.930. The summed E-state index contributed by atoms with van der Waals surface area (Å²) in [6.07, 6.45) is 2.00. The van der Waals surface area contributed by atoms with Gasteiger partial charge in [0.2, 0.25) is 0 Å². The van der Waals surface area contributed by atoms with Crippen LogP contribution in [-0.4, -0.2) is 22.9 Å². The number of benzene rings is 1. The Bertz CT molecular complexity index is 500. The van der Waals surface area contributed by atoms with E-state index in [1.54, 1.807) is 12.1 Å². The molecule has 0 radical (unpaired) electrons. The van der Waals surface area contributed by atoms with Crippen LogP contribution in [0.4, 0.5) is 5.69 Å². The van der Waals surface area contributed by atoms with Crippen molar-refractivity contribution in [1.29, 1.82) is 0 Å². The molecule has 1 aromatic carbocycles. The molecular weight excluding hydrogens is 271 g/mol. The summed E-state index contributed by atoms with van der Waals surface area (Å²) in [6.45, 7) is 4.86. The Balaban J connectivity index is 2.41. The number of carbonyl (C=O) groups excluding carboxylic acids is 1. The minimum absolute atomic E-state index is 0.100. The monoisotopic (exact) mass is 286 g/mol. The number of nitrogens with two attached hydrogens (primary N) is 1. The van der Waals surface area contributed by atoms with E-state index in [0.717, 1.165) is 19.4 Å². The summed E-state index contributed by atoms with van der Waals surface area (Å²) in [4.78, 5) is 14.4. The number of amides is 1. The van der Waals surface area contributed by atoms with Crippen molar-refractivity contribution >= 4 is 34.8 Å². The molecule has 0 spiro atoms. The minimum atomic E-state index is -0.141. The molecule has 3 nitrogen and oxygen atoms in total. The molecule has 98 valence electrons. The Morgan fingerprint density at radius 2 is 2.06 bits per heavy atom. The average molecular weight is 287 g/mol. The van der Waals surface area contributed by atoms with Crippen LogP contribution in [0.5, 0.6) is 0 Å². The zero-order valence-electron chi connectivity index (χ0n) is 10.5. The third-order valence-electron chi connectivity index (χ3n) is 3.43. The SMILES string of the molecule is CC1(C)CCCN1C(=O)c1cc(N)cc(Cl)c1Cl. The lowest BCUT2D eigenvalue weighted by molar-refractivity contribution is 0.0652. The molecule has 0 aliphatic carbocycles. The molecule has 0 unspecified atom stereocenters. The second kappa shape index (κ2) is 4.63. The van der Waals surface area contributed by atoms with Crippen molar-refractivity contribution in [3.05, 3.63) is 27.7 Å². The van der Waals surface area contributed by atoms with E-state index in [0.29, 0.717) is 16.3 Å². The molecule has 0 aromatic heterocycles. The summed E-state index contributed by atoms with van der Waals surface area (Å²) < 4.78 is 0. The summed E-state index contributed by atoms with van der Waals surface area (Å²) in [6, 6.07) is 3.14. The Kier molecular flexibility index (Phi) is 3.47. The maximum absolute atomic E-state index is 12.5. The molecule has 0 bridgehead atoms. The zero-order valence-corrected chi connectivity index (χ0v) is 12.0. The van der Waals surface area contributed by atoms with E-state index in [-0.39, 0.29) is 16.5 Å². The van der Waals surface area contributed by atoms with E-state index >= 15 is 0 Å². The molecule has 5 heteroatoms. The lowest BCUT2D eigenvalue weighted by Crippen LogP contribution is -2.42. The van der Waals surface area contributed by atoms with Crippen molar-refractivity contribution in [3.8, 4) is 0 Å². The normalized spacial score (nSPS) is 18.1. The zero-order chi connectivity index (χ0) is 13.5. The summed E-state index contributed by atoms with van der Waals surface area (Å²) in [5.74, 6) is -0.100. The van der Waals surface area contributed by atoms with E-state index in [2.05, 4.69) is 13.8 Å². The molecule has 1 saturated heterocycles. The van der Waals surface area contributed by atoms with Gasteiger partial charge in [-0.2, -0.15) is 0 Å². The lowest BCUT2D eigenvalue weighted by atomic mass is 10.0. The number of carbonyl (C=O) groups is 1. The van der Waals surface area contributed by atoms with Crippen LogP contribution >= 0.6 is 23.2 Å². The van der Waals surface area contributed by atoms with Gasteiger partial charge in [-0.1, -0.05) is 23.2 Å². The molecule has 1 amide bonds. The molecule has 1 aliphatic heterocycles. The summed E-state index contributed by atoms with van der Waals surface area (Å²) in [7, 11) is 0. The summed E-state index contributed by atoms with van der Waals surface area (Å²) in [5.41, 5.74) is 6.41. The van der Waals surface area contributed by atoms with Gasteiger partial charge in [-0.25, -0.2) is 0 Å². The number of halogens is 2. The minimum Gasteiger partial charge on any atom is -0.399 e. The first-order valence-corrected chi connectivity index (χ1v) is 6.65. The first-order valence-electron chi connectivity index (χ1n) is 5.89. The van der Waals surface area contributed by atoms with Gasteiger partial charge in [0, 0.05) is 17.8 Å². The average Bonchev–Trinajstić information content (AvgIpc) is 2.62. The fourth-order valence-corrected chi connectivity index (χ4v) is 2.81. The van der Waals surface area contributed by atoms with Gasteiger partial charge in [0.15, 0.2) is 0 Å². The van der Waals surface area contributed by atoms with E-state index in [9.17, 15) is 4.79 Å². The van der Waals surface area contributed by atoms with Crippen molar-refractivity contribution in [2.45, 2.75) is 32.2 Å². The Morgan fingerprint density at radius 3 is 2.61 bits per heavy atom. The van der Waals surface area contributed by atoms with Gasteiger partial charge in [0.1, 0.15) is 0 Å². The fourth-order valence-electron chi connectivity index (χ4n) is 2.39. The molecule has 1 fully saturated rings. The van der Waals surface area contributed by atoms with Crippen LogP contribution in [0.1, 0.15) is 37.0 Å². The molecular formula is C13H16Cl2N2O. The maximum Gasteiger partial charge on any atom is 0.255 e. The molecule has 2 N–H and O–H groups in total. The smallest absolute Gasteiger partial charge is 0.255 e. The quantitative estimate of drug-likeness (QED) is 0.802. The van der Waals surface area contributed by atoms with Gasteiger partial charge >= 0.3 is 0 Å². The van der Waals surface area contributed by atoms with Gasteiger partial charge < -0.3 is 10.6 Å². The second-order valence-corrected chi connectivity index (χ2v) is 6.02. The first-order chi connectivity index (χ1) is 8.33. The molecule has 2 rings (SSSR count). The van der Waals surface area contributed by atoms with Crippen LogP contribution in [0.3, 0.4) is 0 Å². The standard InChI is InChI=1S/C13H16Cl2N2O/c1-13(2)4-3-5-17(13)12(18)9-6-8(16)7-10(14)11(9)15/h6-7H,3-5,16H2,1-2H3. The third kappa shape index (κ3) is 2.29. The third-order valence-corrected chi connectivity index (χ3v) is 4.23.